The summed E-state index contributed by atoms with van der Waals surface area (Å²) in [6, 6.07) is 4.61. The molecule has 1 aliphatic carbocycles. The van der Waals surface area contributed by atoms with E-state index in [9.17, 15) is 13.2 Å². The minimum absolute atomic E-state index is 0.0310. The molecule has 1 N–H and O–H groups in total. The second-order valence-corrected chi connectivity index (χ2v) is 9.58. The number of halogens is 1. The highest BCUT2D eigenvalue weighted by Crippen LogP contribution is 2.35. The first-order valence-corrected chi connectivity index (χ1v) is 11.7. The number of aromatic nitrogens is 2. The van der Waals surface area contributed by atoms with Crippen LogP contribution in [0.4, 0.5) is 5.82 Å². The summed E-state index contributed by atoms with van der Waals surface area (Å²) in [5.41, 5.74) is 1.55. The summed E-state index contributed by atoms with van der Waals surface area (Å²) in [6.07, 6.45) is 8.74. The molecule has 0 saturated heterocycles. The standard InChI is InChI=1S/C20H23ClN4O4S/c1-29-25-17-5-3-4-14(17)10-15(20(26)24-19-12-22-8-9-23-19)13-6-7-18(16(21)11-13)30(2,27)28/h6-9,11-12,14-15H,3-5,10H2,1-2H3,(H,23,24,26)/b25-17-/t14-,15?/m0/s1. The van der Waals surface area contributed by atoms with E-state index < -0.39 is 15.8 Å². The first-order chi connectivity index (χ1) is 14.3. The van der Waals surface area contributed by atoms with E-state index >= 15 is 0 Å². The number of carbonyl (C=O) groups excluding carboxylic acids is 1. The zero-order valence-electron chi connectivity index (χ0n) is 16.7. The number of carbonyl (C=O) groups is 1. The van der Waals surface area contributed by atoms with Gasteiger partial charge in [0.2, 0.25) is 5.91 Å². The van der Waals surface area contributed by atoms with Crippen molar-refractivity contribution in [1.82, 2.24) is 9.97 Å². The summed E-state index contributed by atoms with van der Waals surface area (Å²) in [6.45, 7) is 0. The van der Waals surface area contributed by atoms with Crippen molar-refractivity contribution in [3.63, 3.8) is 0 Å². The fourth-order valence-electron chi connectivity index (χ4n) is 3.68. The largest absolute Gasteiger partial charge is 0.399 e. The van der Waals surface area contributed by atoms with Gasteiger partial charge in [-0.15, -0.1) is 0 Å². The van der Waals surface area contributed by atoms with E-state index in [1.165, 1.54) is 31.8 Å². The maximum atomic E-state index is 13.1. The van der Waals surface area contributed by atoms with Crippen molar-refractivity contribution in [3.8, 4) is 0 Å². The van der Waals surface area contributed by atoms with Gasteiger partial charge in [-0.05, 0) is 43.4 Å². The maximum absolute atomic E-state index is 13.1. The van der Waals surface area contributed by atoms with Crippen molar-refractivity contribution in [2.75, 3.05) is 18.7 Å². The van der Waals surface area contributed by atoms with E-state index in [2.05, 4.69) is 20.4 Å². The Kier molecular flexibility index (Phi) is 7.04. The number of rotatable bonds is 7. The van der Waals surface area contributed by atoms with Crippen molar-refractivity contribution < 1.29 is 18.0 Å². The van der Waals surface area contributed by atoms with E-state index in [-0.39, 0.29) is 21.7 Å². The van der Waals surface area contributed by atoms with Gasteiger partial charge in [-0.25, -0.2) is 13.4 Å². The summed E-state index contributed by atoms with van der Waals surface area (Å²) in [5.74, 6) is -0.440. The maximum Gasteiger partial charge on any atom is 0.233 e. The van der Waals surface area contributed by atoms with Crippen LogP contribution in [0.3, 0.4) is 0 Å². The van der Waals surface area contributed by atoms with E-state index in [4.69, 9.17) is 16.4 Å². The van der Waals surface area contributed by atoms with Gasteiger partial charge in [0, 0.05) is 24.6 Å². The molecule has 1 amide bonds. The lowest BCUT2D eigenvalue weighted by Gasteiger charge is -2.21. The molecule has 0 aliphatic heterocycles. The average molecular weight is 451 g/mol. The molecule has 0 spiro atoms. The van der Waals surface area contributed by atoms with Crippen LogP contribution >= 0.6 is 11.6 Å². The van der Waals surface area contributed by atoms with Crippen LogP contribution in [0.5, 0.6) is 0 Å². The Morgan fingerprint density at radius 2 is 2.20 bits per heavy atom. The zero-order chi connectivity index (χ0) is 21.7. The van der Waals surface area contributed by atoms with Crippen LogP contribution in [0, 0.1) is 5.92 Å². The Labute approximate surface area is 180 Å². The number of amides is 1. The third-order valence-corrected chi connectivity index (χ3v) is 6.65. The highest BCUT2D eigenvalue weighted by Gasteiger charge is 2.31. The van der Waals surface area contributed by atoms with Gasteiger partial charge < -0.3 is 10.2 Å². The lowest BCUT2D eigenvalue weighted by Crippen LogP contribution is -2.25. The quantitative estimate of drug-likeness (QED) is 0.647. The summed E-state index contributed by atoms with van der Waals surface area (Å²) in [5, 5.41) is 6.98. The number of oxime groups is 1. The van der Waals surface area contributed by atoms with Crippen LogP contribution in [-0.2, 0) is 19.5 Å². The average Bonchev–Trinajstić information content (AvgIpc) is 3.13. The van der Waals surface area contributed by atoms with Gasteiger partial charge in [0.15, 0.2) is 15.7 Å². The van der Waals surface area contributed by atoms with Gasteiger partial charge in [0.1, 0.15) is 7.11 Å². The van der Waals surface area contributed by atoms with E-state index in [1.54, 1.807) is 12.1 Å². The zero-order valence-corrected chi connectivity index (χ0v) is 18.3. The van der Waals surface area contributed by atoms with Gasteiger partial charge in [0.05, 0.1) is 27.7 Å². The molecule has 1 aromatic heterocycles. The Morgan fingerprint density at radius 1 is 1.40 bits per heavy atom. The first kappa shape index (κ1) is 22.2. The fraction of sp³-hybridized carbons (Fsp3) is 0.400. The van der Waals surface area contributed by atoms with Crippen LogP contribution in [0.2, 0.25) is 5.02 Å². The number of benzene rings is 1. The molecular weight excluding hydrogens is 428 g/mol. The molecule has 2 atom stereocenters. The summed E-state index contributed by atoms with van der Waals surface area (Å²) >= 11 is 6.24. The molecule has 3 rings (SSSR count). The SMILES string of the molecule is CO/N=C1/CCC[C@H]1CC(C(=O)Nc1cnccn1)c1ccc(S(C)(=O)=O)c(Cl)c1. The Morgan fingerprint density at radius 3 is 2.83 bits per heavy atom. The van der Waals surface area contributed by atoms with Gasteiger partial charge in [-0.2, -0.15) is 0 Å². The molecule has 160 valence electrons. The topological polar surface area (TPSA) is 111 Å². The predicted octanol–water partition coefficient (Wildman–Crippen LogP) is 3.45. The Hall–Kier alpha value is -2.52. The van der Waals surface area contributed by atoms with Crippen LogP contribution in [0.15, 0.2) is 46.8 Å². The first-order valence-electron chi connectivity index (χ1n) is 9.46. The molecule has 10 heteroatoms. The third-order valence-electron chi connectivity index (χ3n) is 5.07. The highest BCUT2D eigenvalue weighted by molar-refractivity contribution is 7.90. The van der Waals surface area contributed by atoms with Crippen molar-refractivity contribution in [2.24, 2.45) is 11.1 Å². The number of hydrogen-bond donors (Lipinski definition) is 1. The second kappa shape index (κ2) is 9.53. The molecule has 8 nitrogen and oxygen atoms in total. The smallest absolute Gasteiger partial charge is 0.233 e. The summed E-state index contributed by atoms with van der Waals surface area (Å²) in [4.78, 5) is 26.2. The number of hydrogen-bond acceptors (Lipinski definition) is 7. The normalized spacial score (nSPS) is 18.9. The fourth-order valence-corrected chi connectivity index (χ4v) is 5.02. The lowest BCUT2D eigenvalue weighted by molar-refractivity contribution is -0.117. The lowest BCUT2D eigenvalue weighted by atomic mass is 9.86. The predicted molar refractivity (Wildman–Crippen MR) is 114 cm³/mol. The summed E-state index contributed by atoms with van der Waals surface area (Å²) < 4.78 is 23.8. The van der Waals surface area contributed by atoms with Gasteiger partial charge in [-0.1, -0.05) is 22.8 Å². The molecule has 1 heterocycles. The van der Waals surface area contributed by atoms with E-state index in [0.29, 0.717) is 17.8 Å². The van der Waals surface area contributed by atoms with Gasteiger partial charge in [0.25, 0.3) is 0 Å². The molecule has 0 radical (unpaired) electrons. The van der Waals surface area contributed by atoms with Crippen LogP contribution in [0.25, 0.3) is 0 Å². The van der Waals surface area contributed by atoms with E-state index in [0.717, 1.165) is 31.2 Å². The monoisotopic (exact) mass is 450 g/mol. The molecule has 1 aliphatic rings. The van der Waals surface area contributed by atoms with Crippen LogP contribution in [-0.4, -0.2) is 43.4 Å². The number of sulfone groups is 1. The van der Waals surface area contributed by atoms with Gasteiger partial charge in [-0.3, -0.25) is 9.78 Å². The molecule has 1 aromatic carbocycles. The number of nitrogens with zero attached hydrogens (tertiary/aromatic N) is 3. The number of nitrogens with one attached hydrogen (secondary N) is 1. The molecule has 0 bridgehead atoms. The molecular formula is C20H23ClN4O4S. The van der Waals surface area contributed by atoms with Crippen molar-refractivity contribution in [2.45, 2.75) is 36.5 Å². The third kappa shape index (κ3) is 5.34. The minimum Gasteiger partial charge on any atom is -0.399 e. The molecule has 30 heavy (non-hydrogen) atoms. The van der Waals surface area contributed by atoms with Crippen LogP contribution in [0.1, 0.15) is 37.2 Å². The molecule has 1 saturated carbocycles. The second-order valence-electron chi connectivity index (χ2n) is 7.18. The highest BCUT2D eigenvalue weighted by atomic mass is 35.5. The van der Waals surface area contributed by atoms with Crippen molar-refractivity contribution in [3.05, 3.63) is 47.4 Å². The minimum atomic E-state index is -3.47. The molecule has 1 unspecified atom stereocenters. The van der Waals surface area contributed by atoms with Crippen LogP contribution < -0.4 is 5.32 Å². The number of anilines is 1. The summed E-state index contributed by atoms with van der Waals surface area (Å²) in [7, 11) is -1.97. The van der Waals surface area contributed by atoms with Gasteiger partial charge >= 0.3 is 0 Å². The van der Waals surface area contributed by atoms with E-state index in [1.807, 2.05) is 0 Å². The van der Waals surface area contributed by atoms with Crippen molar-refractivity contribution in [1.29, 1.82) is 0 Å². The molecule has 2 aromatic rings. The Balaban J connectivity index is 1.93. The Bertz CT molecular complexity index is 1040. The van der Waals surface area contributed by atoms with Crippen molar-refractivity contribution >= 4 is 38.9 Å². The molecule has 1 fully saturated rings.